The van der Waals surface area contributed by atoms with Crippen LogP contribution in [0.4, 0.5) is 0 Å². The molecule has 6 heteroatoms. The minimum atomic E-state index is -1.01. The predicted octanol–water partition coefficient (Wildman–Crippen LogP) is 3.41. The minimum Gasteiger partial charge on any atom is -0.458 e. The van der Waals surface area contributed by atoms with Crippen molar-refractivity contribution in [3.8, 4) is 0 Å². The Hall–Kier alpha value is -3.15. The lowest BCUT2D eigenvalue weighted by atomic mass is 9.81. The van der Waals surface area contributed by atoms with E-state index in [4.69, 9.17) is 14.2 Å². The van der Waals surface area contributed by atoms with E-state index in [-0.39, 0.29) is 6.61 Å². The fourth-order valence-electron chi connectivity index (χ4n) is 3.11. The summed E-state index contributed by atoms with van der Waals surface area (Å²) in [7, 11) is 0. The van der Waals surface area contributed by atoms with E-state index in [1.54, 1.807) is 67.6 Å². The minimum absolute atomic E-state index is 0.193. The standard InChI is InChI=1S/C22H22O6/c1-3-22(2)18(28-20(24)16-12-8-5-9-13-16)17(27-21(22)25)14-26-19(23)15-10-6-4-7-11-15/h4-13,17-18H,3,14H2,1-2H3/t17-,18-,22+/m1/s1. The summed E-state index contributed by atoms with van der Waals surface area (Å²) in [5, 5.41) is 0. The van der Waals surface area contributed by atoms with Gasteiger partial charge >= 0.3 is 17.9 Å². The van der Waals surface area contributed by atoms with E-state index in [1.807, 2.05) is 6.92 Å². The summed E-state index contributed by atoms with van der Waals surface area (Å²) >= 11 is 0. The lowest BCUT2D eigenvalue weighted by Crippen LogP contribution is -2.42. The van der Waals surface area contributed by atoms with Gasteiger partial charge in [-0.3, -0.25) is 4.79 Å². The number of carbonyl (C=O) groups excluding carboxylic acids is 3. The fourth-order valence-corrected chi connectivity index (χ4v) is 3.11. The van der Waals surface area contributed by atoms with Crippen molar-refractivity contribution in [3.05, 3.63) is 71.8 Å². The second-order valence-electron chi connectivity index (χ2n) is 6.87. The van der Waals surface area contributed by atoms with E-state index in [1.165, 1.54) is 0 Å². The average Bonchev–Trinajstić information content (AvgIpc) is 2.98. The molecule has 1 saturated heterocycles. The molecule has 1 fully saturated rings. The molecule has 1 aliphatic heterocycles. The first kappa shape index (κ1) is 19.6. The molecule has 0 amide bonds. The summed E-state index contributed by atoms with van der Waals surface area (Å²) in [6.45, 7) is 3.32. The molecule has 28 heavy (non-hydrogen) atoms. The van der Waals surface area contributed by atoms with E-state index >= 15 is 0 Å². The zero-order valence-corrected chi connectivity index (χ0v) is 15.8. The van der Waals surface area contributed by atoms with Gasteiger partial charge in [0.1, 0.15) is 12.0 Å². The Morgan fingerprint density at radius 2 is 1.50 bits per heavy atom. The quantitative estimate of drug-likeness (QED) is 0.563. The van der Waals surface area contributed by atoms with Gasteiger partial charge in [-0.2, -0.15) is 0 Å². The van der Waals surface area contributed by atoms with E-state index in [0.29, 0.717) is 17.5 Å². The second-order valence-corrected chi connectivity index (χ2v) is 6.87. The molecule has 0 spiro atoms. The normalized spacial score (nSPS) is 23.7. The summed E-state index contributed by atoms with van der Waals surface area (Å²) in [6.07, 6.45) is -1.30. The molecule has 0 bridgehead atoms. The van der Waals surface area contributed by atoms with Gasteiger partial charge in [0, 0.05) is 0 Å². The number of cyclic esters (lactones) is 1. The van der Waals surface area contributed by atoms with Crippen LogP contribution in [0.3, 0.4) is 0 Å². The van der Waals surface area contributed by atoms with Crippen molar-refractivity contribution < 1.29 is 28.6 Å². The average molecular weight is 382 g/mol. The molecule has 0 N–H and O–H groups in total. The van der Waals surface area contributed by atoms with Gasteiger partial charge in [-0.05, 0) is 37.6 Å². The Balaban J connectivity index is 1.74. The highest BCUT2D eigenvalue weighted by atomic mass is 16.6. The monoisotopic (exact) mass is 382 g/mol. The van der Waals surface area contributed by atoms with Gasteiger partial charge in [0.25, 0.3) is 0 Å². The number of esters is 3. The van der Waals surface area contributed by atoms with Crippen LogP contribution in [-0.2, 0) is 19.0 Å². The highest BCUT2D eigenvalue weighted by Gasteiger charge is 2.56. The molecule has 2 aromatic carbocycles. The zero-order chi connectivity index (χ0) is 20.1. The van der Waals surface area contributed by atoms with Crippen molar-refractivity contribution in [1.29, 1.82) is 0 Å². The Labute approximate surface area is 163 Å². The summed E-state index contributed by atoms with van der Waals surface area (Å²) < 4.78 is 16.4. The molecule has 0 aromatic heterocycles. The first-order valence-electron chi connectivity index (χ1n) is 9.15. The van der Waals surface area contributed by atoms with Crippen molar-refractivity contribution in [2.75, 3.05) is 6.61 Å². The molecule has 0 aliphatic carbocycles. The molecule has 0 radical (unpaired) electrons. The number of hydrogen-bond donors (Lipinski definition) is 0. The first-order chi connectivity index (χ1) is 13.5. The molecular formula is C22H22O6. The molecule has 0 unspecified atom stereocenters. The Morgan fingerprint density at radius 3 is 2.04 bits per heavy atom. The Morgan fingerprint density at radius 1 is 0.964 bits per heavy atom. The van der Waals surface area contributed by atoms with Crippen LogP contribution in [0.1, 0.15) is 41.0 Å². The van der Waals surface area contributed by atoms with Gasteiger partial charge < -0.3 is 14.2 Å². The number of benzene rings is 2. The molecular weight excluding hydrogens is 360 g/mol. The van der Waals surface area contributed by atoms with Crippen molar-refractivity contribution in [2.24, 2.45) is 5.41 Å². The summed E-state index contributed by atoms with van der Waals surface area (Å²) in [6, 6.07) is 17.0. The lowest BCUT2D eigenvalue weighted by Gasteiger charge is -2.27. The number of ether oxygens (including phenoxy) is 3. The number of rotatable bonds is 6. The van der Waals surface area contributed by atoms with Crippen LogP contribution in [-0.4, -0.2) is 36.7 Å². The molecule has 6 nitrogen and oxygen atoms in total. The van der Waals surface area contributed by atoms with Gasteiger partial charge in [0.05, 0.1) is 11.1 Å². The molecule has 3 atom stereocenters. The first-order valence-corrected chi connectivity index (χ1v) is 9.15. The number of carbonyl (C=O) groups is 3. The van der Waals surface area contributed by atoms with Gasteiger partial charge in [-0.15, -0.1) is 0 Å². The fraction of sp³-hybridized carbons (Fsp3) is 0.318. The van der Waals surface area contributed by atoms with Crippen molar-refractivity contribution >= 4 is 17.9 Å². The molecule has 1 aliphatic rings. The topological polar surface area (TPSA) is 78.9 Å². The van der Waals surface area contributed by atoms with Crippen LogP contribution in [0.15, 0.2) is 60.7 Å². The highest BCUT2D eigenvalue weighted by molar-refractivity contribution is 5.91. The smallest absolute Gasteiger partial charge is 0.338 e. The Bertz CT molecular complexity index is 848. The third-order valence-electron chi connectivity index (χ3n) is 5.06. The van der Waals surface area contributed by atoms with E-state index in [0.717, 1.165) is 0 Å². The maximum atomic E-state index is 12.5. The van der Waals surface area contributed by atoms with Crippen molar-refractivity contribution in [2.45, 2.75) is 32.5 Å². The third kappa shape index (κ3) is 3.91. The molecule has 0 saturated carbocycles. The highest BCUT2D eigenvalue weighted by Crippen LogP contribution is 2.39. The van der Waals surface area contributed by atoms with Crippen LogP contribution in [0.25, 0.3) is 0 Å². The van der Waals surface area contributed by atoms with Crippen LogP contribution in [0.2, 0.25) is 0 Å². The van der Waals surface area contributed by atoms with Crippen molar-refractivity contribution in [3.63, 3.8) is 0 Å². The van der Waals surface area contributed by atoms with E-state index in [2.05, 4.69) is 0 Å². The summed E-state index contributed by atoms with van der Waals surface area (Å²) in [4.78, 5) is 37.1. The predicted molar refractivity (Wildman–Crippen MR) is 101 cm³/mol. The van der Waals surface area contributed by atoms with Crippen LogP contribution >= 0.6 is 0 Å². The SMILES string of the molecule is CC[C@]1(C)C(=O)O[C@H](COC(=O)c2ccccc2)[C@H]1OC(=O)c1ccccc1. The molecule has 3 rings (SSSR count). The van der Waals surface area contributed by atoms with Crippen LogP contribution < -0.4 is 0 Å². The van der Waals surface area contributed by atoms with E-state index < -0.39 is 35.5 Å². The van der Waals surface area contributed by atoms with Gasteiger partial charge in [-0.1, -0.05) is 43.3 Å². The molecule has 1 heterocycles. The maximum absolute atomic E-state index is 12.5. The number of hydrogen-bond acceptors (Lipinski definition) is 6. The summed E-state index contributed by atoms with van der Waals surface area (Å²) in [5.74, 6) is -1.56. The van der Waals surface area contributed by atoms with Crippen molar-refractivity contribution in [1.82, 2.24) is 0 Å². The maximum Gasteiger partial charge on any atom is 0.338 e. The third-order valence-corrected chi connectivity index (χ3v) is 5.06. The summed E-state index contributed by atoms with van der Waals surface area (Å²) in [5.41, 5.74) is -0.239. The zero-order valence-electron chi connectivity index (χ0n) is 15.8. The molecule has 2 aromatic rings. The lowest BCUT2D eigenvalue weighted by molar-refractivity contribution is -0.149. The second kappa shape index (κ2) is 8.25. The van der Waals surface area contributed by atoms with E-state index in [9.17, 15) is 14.4 Å². The van der Waals surface area contributed by atoms with Gasteiger partial charge in [0.15, 0.2) is 12.2 Å². The van der Waals surface area contributed by atoms with Gasteiger partial charge in [-0.25, -0.2) is 9.59 Å². The van der Waals surface area contributed by atoms with Crippen LogP contribution in [0.5, 0.6) is 0 Å². The van der Waals surface area contributed by atoms with Crippen LogP contribution in [0, 0.1) is 5.41 Å². The van der Waals surface area contributed by atoms with Gasteiger partial charge in [0.2, 0.25) is 0 Å². The molecule has 146 valence electrons. The Kier molecular flexibility index (Phi) is 5.78. The largest absolute Gasteiger partial charge is 0.458 e.